The Morgan fingerprint density at radius 1 is 1.13 bits per heavy atom. The van der Waals surface area contributed by atoms with Crippen molar-refractivity contribution < 1.29 is 28.0 Å². The second kappa shape index (κ2) is 15.2. The fourth-order valence-electron chi connectivity index (χ4n) is 9.48. The zero-order valence-corrected chi connectivity index (χ0v) is 33.1. The van der Waals surface area contributed by atoms with E-state index in [-0.39, 0.29) is 46.5 Å². The molecule has 2 bridgehead atoms. The van der Waals surface area contributed by atoms with Crippen LogP contribution in [0.3, 0.4) is 0 Å². The number of rotatable bonds is 5. The van der Waals surface area contributed by atoms with Crippen LogP contribution in [0.2, 0.25) is 5.02 Å². The number of imidazole rings is 1. The Hall–Kier alpha value is -3.51. The molecule has 1 fully saturated rings. The van der Waals surface area contributed by atoms with Gasteiger partial charge in [-0.3, -0.25) is 9.59 Å². The maximum Gasteiger partial charge on any atom is 0.285 e. The monoisotopic (exact) mass is 774 g/mol. The minimum atomic E-state index is -3.33. The molecule has 1 unspecified atom stereocenters. The number of aryl methyl sites for hydroxylation is 2. The van der Waals surface area contributed by atoms with Gasteiger partial charge in [-0.05, 0) is 104 Å². The van der Waals surface area contributed by atoms with Gasteiger partial charge in [0.05, 0.1) is 40.0 Å². The average molecular weight is 775 g/mol. The lowest BCUT2D eigenvalue weighted by atomic mass is 9.68. The second-order valence-corrected chi connectivity index (χ2v) is 19.0. The first kappa shape index (κ1) is 37.4. The van der Waals surface area contributed by atoms with E-state index in [1.54, 1.807) is 26.5 Å². The number of ketones is 1. The quantitative estimate of drug-likeness (QED) is 0.200. The van der Waals surface area contributed by atoms with Gasteiger partial charge >= 0.3 is 0 Å². The molecular weight excluding hydrogens is 724 g/mol. The van der Waals surface area contributed by atoms with Gasteiger partial charge in [0, 0.05) is 68.2 Å². The first-order chi connectivity index (χ1) is 26.0. The zero-order valence-electron chi connectivity index (χ0n) is 31.5. The van der Waals surface area contributed by atoms with Crippen LogP contribution < -0.4 is 9.64 Å². The molecule has 4 heterocycles. The van der Waals surface area contributed by atoms with Crippen molar-refractivity contribution in [2.75, 3.05) is 50.3 Å². The summed E-state index contributed by atoms with van der Waals surface area (Å²) in [5.41, 5.74) is 3.72. The molecule has 1 spiro atoms. The Bertz CT molecular complexity index is 2090. The number of carbonyl (C=O) groups excluding carboxylic acids is 2. The van der Waals surface area contributed by atoms with Crippen LogP contribution in [0.1, 0.15) is 83.2 Å². The van der Waals surface area contributed by atoms with Gasteiger partial charge in [-0.2, -0.15) is 4.36 Å². The SMILES string of the molecule is COC1CCn2cc(C(=O)C[S@@]3(=O)=NC(=O)c4ccc5c(c4)N(C[C@@H]4CC[C@H]4[C@@H](OC)/C=C/C[C@H](C)C3)C[C@@]3(CCCc4cc(Cl)ccc43)CO5)nc2C1. The van der Waals surface area contributed by atoms with E-state index in [9.17, 15) is 13.8 Å². The fourth-order valence-corrected chi connectivity index (χ4v) is 11.9. The molecule has 7 atom stereocenters. The Morgan fingerprint density at radius 2 is 2.00 bits per heavy atom. The number of amides is 1. The molecule has 288 valence electrons. The highest BCUT2D eigenvalue weighted by Crippen LogP contribution is 2.47. The van der Waals surface area contributed by atoms with E-state index >= 15 is 0 Å². The van der Waals surface area contributed by atoms with Crippen molar-refractivity contribution in [3.63, 3.8) is 0 Å². The summed E-state index contributed by atoms with van der Waals surface area (Å²) >= 11 is 6.48. The molecule has 3 aromatic rings. The van der Waals surface area contributed by atoms with Crippen LogP contribution in [0.5, 0.6) is 5.75 Å². The lowest BCUT2D eigenvalue weighted by Crippen LogP contribution is -2.49. The van der Waals surface area contributed by atoms with Crippen LogP contribution in [0.15, 0.2) is 59.1 Å². The van der Waals surface area contributed by atoms with Crippen LogP contribution >= 0.6 is 11.6 Å². The van der Waals surface area contributed by atoms with Gasteiger partial charge in [-0.25, -0.2) is 9.19 Å². The van der Waals surface area contributed by atoms with Crippen LogP contribution in [0.4, 0.5) is 5.69 Å². The molecule has 0 saturated heterocycles. The number of benzene rings is 2. The lowest BCUT2D eigenvalue weighted by Gasteiger charge is -2.46. The number of aromatic nitrogens is 2. The Morgan fingerprint density at radius 3 is 2.80 bits per heavy atom. The summed E-state index contributed by atoms with van der Waals surface area (Å²) in [6.45, 7) is 4.72. The van der Waals surface area contributed by atoms with Crippen LogP contribution in [0, 0.1) is 17.8 Å². The van der Waals surface area contributed by atoms with Crippen LogP contribution in [-0.4, -0.2) is 83.1 Å². The summed E-state index contributed by atoms with van der Waals surface area (Å²) in [7, 11) is 0.133. The maximum atomic E-state index is 14.8. The van der Waals surface area contributed by atoms with Crippen LogP contribution in [-0.2, 0) is 44.0 Å². The average Bonchev–Trinajstić information content (AvgIpc) is 3.51. The number of methoxy groups -OCH3 is 2. The molecule has 8 rings (SSSR count). The van der Waals surface area contributed by atoms with Crippen molar-refractivity contribution in [2.45, 2.75) is 82.5 Å². The van der Waals surface area contributed by atoms with Crippen molar-refractivity contribution in [2.24, 2.45) is 22.1 Å². The molecule has 5 aliphatic rings. The van der Waals surface area contributed by atoms with Gasteiger partial charge in [0.15, 0.2) is 5.78 Å². The van der Waals surface area contributed by atoms with E-state index in [4.69, 9.17) is 25.8 Å². The third-order valence-corrected chi connectivity index (χ3v) is 15.0. The molecule has 12 heteroatoms. The molecule has 10 nitrogen and oxygen atoms in total. The number of allylic oxidation sites excluding steroid dienone is 1. The smallest absolute Gasteiger partial charge is 0.285 e. The van der Waals surface area contributed by atoms with Gasteiger partial charge in [0.2, 0.25) is 0 Å². The molecule has 0 N–H and O–H groups in total. The van der Waals surface area contributed by atoms with E-state index in [1.807, 2.05) is 29.7 Å². The van der Waals surface area contributed by atoms with Crippen molar-refractivity contribution in [3.8, 4) is 5.75 Å². The van der Waals surface area contributed by atoms with Crippen molar-refractivity contribution in [1.82, 2.24) is 9.55 Å². The number of anilines is 1. The number of hydrogen-bond donors (Lipinski definition) is 0. The minimum absolute atomic E-state index is 0.0483. The van der Waals surface area contributed by atoms with Crippen LogP contribution in [0.25, 0.3) is 0 Å². The van der Waals surface area contributed by atoms with Crippen molar-refractivity contribution >= 4 is 38.7 Å². The van der Waals surface area contributed by atoms with E-state index < -0.39 is 15.6 Å². The topological polar surface area (TPSA) is 112 Å². The number of Topliss-reactive ketones (excluding diaryl/α,β-unsaturated/α-hetero) is 1. The Balaban J connectivity index is 1.17. The summed E-state index contributed by atoms with van der Waals surface area (Å²) < 4.78 is 39.5. The molecule has 1 amide bonds. The number of halogens is 1. The number of nitrogens with zero attached hydrogens (tertiary/aromatic N) is 4. The molecule has 3 aliphatic heterocycles. The lowest BCUT2D eigenvalue weighted by molar-refractivity contribution is 0.0131. The summed E-state index contributed by atoms with van der Waals surface area (Å²) in [6, 6.07) is 11.7. The highest BCUT2D eigenvalue weighted by Gasteiger charge is 2.44. The largest absolute Gasteiger partial charge is 0.490 e. The molecule has 0 radical (unpaired) electrons. The molecule has 1 aromatic heterocycles. The first-order valence-corrected chi connectivity index (χ1v) is 21.7. The Kier molecular flexibility index (Phi) is 10.5. The molecular formula is C42H51ClN4O6S. The van der Waals surface area contributed by atoms with Gasteiger partial charge in [0.25, 0.3) is 5.91 Å². The molecule has 2 aliphatic carbocycles. The first-order valence-electron chi connectivity index (χ1n) is 19.4. The van der Waals surface area contributed by atoms with E-state index in [2.05, 4.69) is 38.5 Å². The summed E-state index contributed by atoms with van der Waals surface area (Å²) in [5.74, 6) is 0.887. The predicted octanol–water partition coefficient (Wildman–Crippen LogP) is 7.10. The van der Waals surface area contributed by atoms with Gasteiger partial charge in [0.1, 0.15) is 17.3 Å². The third kappa shape index (κ3) is 7.41. The highest BCUT2D eigenvalue weighted by molar-refractivity contribution is 7.94. The summed E-state index contributed by atoms with van der Waals surface area (Å²) in [4.78, 5) is 35.0. The molecule has 1 saturated carbocycles. The fraction of sp³-hybridized carbons (Fsp3) is 0.548. The Labute approximate surface area is 323 Å². The van der Waals surface area contributed by atoms with Gasteiger partial charge in [-0.1, -0.05) is 36.7 Å². The van der Waals surface area contributed by atoms with Crippen molar-refractivity contribution in [3.05, 3.63) is 88.0 Å². The van der Waals surface area contributed by atoms with E-state index in [0.717, 1.165) is 68.1 Å². The van der Waals surface area contributed by atoms with Gasteiger partial charge in [-0.15, -0.1) is 0 Å². The highest BCUT2D eigenvalue weighted by atomic mass is 35.5. The maximum absolute atomic E-state index is 14.8. The molecule has 54 heavy (non-hydrogen) atoms. The predicted molar refractivity (Wildman–Crippen MR) is 210 cm³/mol. The van der Waals surface area contributed by atoms with E-state index in [1.165, 1.54) is 11.1 Å². The molecule has 2 aromatic carbocycles. The van der Waals surface area contributed by atoms with Crippen molar-refractivity contribution in [1.29, 1.82) is 0 Å². The normalized spacial score (nSPS) is 31.5. The second-order valence-electron chi connectivity index (χ2n) is 16.2. The standard InChI is InChI=1S/C42H51ClN4O6S/c1-27-6-4-8-38(52-3)33-12-9-30(33)21-47-25-42(16-5-7-28-18-31(43)11-13-34(28)42)26-53-39-14-10-29(19-36(39)47)41(49)45-54(50,23-27)24-37(48)35-22-46-17-15-32(51-2)20-40(46)44-35/h4,8,10-11,13-14,18-19,22,27,30,32-33,38H,5-7,9,12,15-17,20-21,23-26H2,1-3H3/b8-4+/t27-,30-,32?,33+,38-,42-,54+/m0/s1. The number of hydrogen-bond acceptors (Lipinski definition) is 8. The number of ether oxygens (including phenoxy) is 3. The minimum Gasteiger partial charge on any atom is -0.490 e. The summed E-state index contributed by atoms with van der Waals surface area (Å²) in [6.07, 6.45) is 13.2. The number of fused-ring (bicyclic) bond motifs is 5. The van der Waals surface area contributed by atoms with E-state index in [0.29, 0.717) is 49.1 Å². The zero-order chi connectivity index (χ0) is 37.6. The number of carbonyl (C=O) groups is 2. The van der Waals surface area contributed by atoms with Gasteiger partial charge < -0.3 is 23.7 Å². The third-order valence-electron chi connectivity index (χ3n) is 12.5. The summed E-state index contributed by atoms with van der Waals surface area (Å²) in [5, 5.41) is 0.744.